The molecule has 5 nitrogen and oxygen atoms in total. The van der Waals surface area contributed by atoms with Crippen LogP contribution in [0.15, 0.2) is 18.2 Å². The van der Waals surface area contributed by atoms with Gasteiger partial charge in [0.2, 0.25) is 0 Å². The summed E-state index contributed by atoms with van der Waals surface area (Å²) in [5, 5.41) is 9.62. The summed E-state index contributed by atoms with van der Waals surface area (Å²) in [7, 11) is 0. The minimum atomic E-state index is -0.786. The molecule has 5 fully saturated rings. The number of piperidine rings is 3. The normalized spacial score (nSPS) is 37.7. The Morgan fingerprint density at radius 1 is 1.30 bits per heavy atom. The molecule has 6 rings (SSSR count). The highest BCUT2D eigenvalue weighted by atomic mass is 19.1. The Balaban J connectivity index is 1.39. The Kier molecular flexibility index (Phi) is 3.90. The van der Waals surface area contributed by atoms with Crippen molar-refractivity contribution in [3.63, 3.8) is 0 Å². The van der Waals surface area contributed by atoms with E-state index >= 15 is 0 Å². The lowest BCUT2D eigenvalue weighted by atomic mass is 9.64. The fourth-order valence-electron chi connectivity index (χ4n) is 6.23. The number of carboxylic acid groups (broad SMARTS) is 1. The van der Waals surface area contributed by atoms with E-state index in [2.05, 4.69) is 4.90 Å². The van der Waals surface area contributed by atoms with Crippen molar-refractivity contribution in [2.75, 3.05) is 18.0 Å². The number of amides is 1. The molecule has 0 spiro atoms. The van der Waals surface area contributed by atoms with Gasteiger partial charge in [0.15, 0.2) is 0 Å². The standard InChI is InChI=1S/C21H27FN2O3/c1-13-4-5-19(18(22)7-13)23-6-2-3-14(12-23)21-10-15-8-17(27-21)9-16(11-21)24(15)20(25)26/h4-5,7,14-17H,2-3,6,8-12H2,1H3,(H,25,26). The van der Waals surface area contributed by atoms with Gasteiger partial charge in [-0.2, -0.15) is 0 Å². The fourth-order valence-corrected chi connectivity index (χ4v) is 6.23. The zero-order chi connectivity index (χ0) is 18.8. The third-order valence-corrected chi connectivity index (χ3v) is 7.25. The summed E-state index contributed by atoms with van der Waals surface area (Å²) in [4.78, 5) is 15.6. The van der Waals surface area contributed by atoms with E-state index in [1.165, 1.54) is 0 Å². The molecule has 4 bridgehead atoms. The topological polar surface area (TPSA) is 53.0 Å². The van der Waals surface area contributed by atoms with Gasteiger partial charge >= 0.3 is 6.09 Å². The molecule has 5 aliphatic rings. The van der Waals surface area contributed by atoms with E-state index < -0.39 is 6.09 Å². The molecule has 5 saturated heterocycles. The van der Waals surface area contributed by atoms with Crippen LogP contribution in [0, 0.1) is 18.7 Å². The van der Waals surface area contributed by atoms with Gasteiger partial charge in [0.25, 0.3) is 0 Å². The van der Waals surface area contributed by atoms with Gasteiger partial charge in [-0.05, 0) is 63.1 Å². The van der Waals surface area contributed by atoms with Crippen LogP contribution in [0.1, 0.15) is 44.1 Å². The largest absolute Gasteiger partial charge is 0.465 e. The first-order valence-electron chi connectivity index (χ1n) is 10.2. The summed E-state index contributed by atoms with van der Waals surface area (Å²) in [5.74, 6) is 0.176. The summed E-state index contributed by atoms with van der Waals surface area (Å²) in [5.41, 5.74) is 1.38. The minimum absolute atomic E-state index is 0.0836. The van der Waals surface area contributed by atoms with E-state index in [9.17, 15) is 14.3 Å². The molecule has 27 heavy (non-hydrogen) atoms. The predicted octanol–water partition coefficient (Wildman–Crippen LogP) is 3.79. The molecule has 0 radical (unpaired) electrons. The number of halogens is 1. The lowest BCUT2D eigenvalue weighted by molar-refractivity contribution is -0.251. The molecule has 146 valence electrons. The number of nitrogens with zero attached hydrogens (tertiary/aromatic N) is 2. The van der Waals surface area contributed by atoms with Crippen LogP contribution in [0.2, 0.25) is 0 Å². The molecule has 5 aliphatic heterocycles. The number of hydrogen-bond acceptors (Lipinski definition) is 3. The van der Waals surface area contributed by atoms with Crippen molar-refractivity contribution in [1.82, 2.24) is 4.90 Å². The predicted molar refractivity (Wildman–Crippen MR) is 99.6 cm³/mol. The summed E-state index contributed by atoms with van der Waals surface area (Å²) in [6.07, 6.45) is 4.73. The van der Waals surface area contributed by atoms with Crippen LogP contribution in [0.4, 0.5) is 14.9 Å². The summed E-state index contributed by atoms with van der Waals surface area (Å²) >= 11 is 0. The van der Waals surface area contributed by atoms with Gasteiger partial charge < -0.3 is 19.6 Å². The van der Waals surface area contributed by atoms with Crippen molar-refractivity contribution in [3.8, 4) is 0 Å². The van der Waals surface area contributed by atoms with E-state index in [4.69, 9.17) is 4.74 Å². The van der Waals surface area contributed by atoms with E-state index in [1.807, 2.05) is 19.1 Å². The summed E-state index contributed by atoms with van der Waals surface area (Å²) in [6, 6.07) is 5.62. The lowest BCUT2D eigenvalue weighted by Gasteiger charge is -2.63. The van der Waals surface area contributed by atoms with Crippen molar-refractivity contribution in [2.24, 2.45) is 5.92 Å². The first-order chi connectivity index (χ1) is 12.9. The molecule has 6 heteroatoms. The van der Waals surface area contributed by atoms with Crippen molar-refractivity contribution in [3.05, 3.63) is 29.6 Å². The first kappa shape index (κ1) is 17.3. The van der Waals surface area contributed by atoms with Gasteiger partial charge in [0, 0.05) is 31.1 Å². The fraction of sp³-hybridized carbons (Fsp3) is 0.667. The third-order valence-electron chi connectivity index (χ3n) is 7.25. The molecular weight excluding hydrogens is 347 g/mol. The highest BCUT2D eigenvalue weighted by Gasteiger charge is 2.59. The van der Waals surface area contributed by atoms with Gasteiger partial charge in [-0.25, -0.2) is 9.18 Å². The SMILES string of the molecule is Cc1ccc(N2CCCC(C34CC5CC(CC(C3)N5C(=O)O)O4)C2)c(F)c1. The van der Waals surface area contributed by atoms with Crippen molar-refractivity contribution in [1.29, 1.82) is 0 Å². The molecule has 1 amide bonds. The Morgan fingerprint density at radius 3 is 2.70 bits per heavy atom. The molecule has 3 unspecified atom stereocenters. The molecule has 1 aromatic rings. The molecule has 5 heterocycles. The zero-order valence-electron chi connectivity index (χ0n) is 15.7. The summed E-state index contributed by atoms with van der Waals surface area (Å²) < 4.78 is 21.1. The van der Waals surface area contributed by atoms with Crippen LogP contribution < -0.4 is 4.90 Å². The number of aryl methyl sites for hydroxylation is 1. The number of benzene rings is 1. The van der Waals surface area contributed by atoms with Crippen LogP contribution in [-0.2, 0) is 4.74 Å². The second kappa shape index (κ2) is 6.09. The Morgan fingerprint density at radius 2 is 2.04 bits per heavy atom. The average Bonchev–Trinajstić information content (AvgIpc) is 2.60. The Labute approximate surface area is 159 Å². The van der Waals surface area contributed by atoms with Crippen LogP contribution in [0.5, 0.6) is 0 Å². The van der Waals surface area contributed by atoms with Gasteiger partial charge in [0.1, 0.15) is 5.82 Å². The lowest BCUT2D eigenvalue weighted by Crippen LogP contribution is -2.70. The molecule has 0 aliphatic carbocycles. The molecule has 1 aromatic carbocycles. The zero-order valence-corrected chi connectivity index (χ0v) is 15.7. The first-order valence-corrected chi connectivity index (χ1v) is 10.2. The van der Waals surface area contributed by atoms with Crippen molar-refractivity contribution >= 4 is 11.8 Å². The summed E-state index contributed by atoms with van der Waals surface area (Å²) in [6.45, 7) is 3.56. The number of hydrogen-bond donors (Lipinski definition) is 1. The smallest absolute Gasteiger partial charge is 0.407 e. The number of anilines is 1. The average molecular weight is 374 g/mol. The maximum Gasteiger partial charge on any atom is 0.407 e. The molecular formula is C21H27FN2O3. The maximum absolute atomic E-state index is 14.5. The molecule has 0 aromatic heterocycles. The van der Waals surface area contributed by atoms with Gasteiger partial charge in [-0.3, -0.25) is 0 Å². The van der Waals surface area contributed by atoms with Gasteiger partial charge in [-0.1, -0.05) is 6.07 Å². The van der Waals surface area contributed by atoms with Crippen LogP contribution in [0.25, 0.3) is 0 Å². The van der Waals surface area contributed by atoms with Crippen molar-refractivity contribution in [2.45, 2.75) is 69.2 Å². The van der Waals surface area contributed by atoms with Gasteiger partial charge in [0.05, 0.1) is 17.4 Å². The van der Waals surface area contributed by atoms with E-state index in [0.717, 1.165) is 57.2 Å². The second-order valence-corrected chi connectivity index (χ2v) is 8.92. The maximum atomic E-state index is 14.5. The molecule has 3 atom stereocenters. The molecule has 1 N–H and O–H groups in total. The highest BCUT2D eigenvalue weighted by molar-refractivity contribution is 5.66. The second-order valence-electron chi connectivity index (χ2n) is 8.92. The van der Waals surface area contributed by atoms with Crippen LogP contribution in [0.3, 0.4) is 0 Å². The highest BCUT2D eigenvalue weighted by Crippen LogP contribution is 2.53. The molecule has 0 saturated carbocycles. The monoisotopic (exact) mass is 374 g/mol. The Hall–Kier alpha value is -1.82. The number of rotatable bonds is 2. The minimum Gasteiger partial charge on any atom is -0.465 e. The van der Waals surface area contributed by atoms with E-state index in [-0.39, 0.29) is 29.6 Å². The van der Waals surface area contributed by atoms with Crippen molar-refractivity contribution < 1.29 is 19.0 Å². The van der Waals surface area contributed by atoms with Crippen LogP contribution >= 0.6 is 0 Å². The third kappa shape index (κ3) is 2.72. The van der Waals surface area contributed by atoms with Crippen LogP contribution in [-0.4, -0.2) is 53.0 Å². The Bertz CT molecular complexity index is 754. The number of carbonyl (C=O) groups is 1. The number of ether oxygens (including phenoxy) is 1. The van der Waals surface area contributed by atoms with Gasteiger partial charge in [-0.15, -0.1) is 0 Å². The van der Waals surface area contributed by atoms with E-state index in [1.54, 1.807) is 11.0 Å². The van der Waals surface area contributed by atoms with E-state index in [0.29, 0.717) is 11.6 Å². The quantitative estimate of drug-likeness (QED) is 0.856.